The maximum Gasteiger partial charge on any atom is 0.490 e. The summed E-state index contributed by atoms with van der Waals surface area (Å²) in [6.07, 6.45) is -4.21. The van der Waals surface area contributed by atoms with Crippen LogP contribution in [0.25, 0.3) is 0 Å². The molecule has 2 N–H and O–H groups in total. The highest BCUT2D eigenvalue weighted by molar-refractivity contribution is 7.89. The van der Waals surface area contributed by atoms with Crippen molar-refractivity contribution in [3.63, 3.8) is 0 Å². The number of hydrogen-bond acceptors (Lipinski definition) is 6. The average Bonchev–Trinajstić information content (AvgIpc) is 3.45. The first kappa shape index (κ1) is 32.8. The molecule has 1 aliphatic rings. The van der Waals surface area contributed by atoms with Gasteiger partial charge in [-0.25, -0.2) is 17.5 Å². The number of benzene rings is 2. The van der Waals surface area contributed by atoms with Crippen LogP contribution in [-0.4, -0.2) is 86.9 Å². The van der Waals surface area contributed by atoms with E-state index in [2.05, 4.69) is 36.3 Å². The molecular weight excluding hydrogens is 549 g/mol. The highest BCUT2D eigenvalue weighted by atomic mass is 32.2. The van der Waals surface area contributed by atoms with Gasteiger partial charge in [0.1, 0.15) is 5.84 Å². The van der Waals surface area contributed by atoms with E-state index in [0.29, 0.717) is 12.5 Å². The second-order valence-electron chi connectivity index (χ2n) is 9.52. The van der Waals surface area contributed by atoms with Gasteiger partial charge in [-0.2, -0.15) is 13.2 Å². The molecular formula is C27H35F3N4O5S. The van der Waals surface area contributed by atoms with Crippen LogP contribution in [0.15, 0.2) is 58.4 Å². The van der Waals surface area contributed by atoms with E-state index in [9.17, 15) is 26.4 Å². The molecule has 1 amide bonds. The van der Waals surface area contributed by atoms with E-state index >= 15 is 0 Å². The van der Waals surface area contributed by atoms with Crippen LogP contribution in [-0.2, 0) is 26.0 Å². The molecule has 2 aromatic carbocycles. The molecule has 220 valence electrons. The van der Waals surface area contributed by atoms with E-state index in [1.54, 1.807) is 24.1 Å². The first-order chi connectivity index (χ1) is 18.6. The van der Waals surface area contributed by atoms with Crippen LogP contribution in [0.3, 0.4) is 0 Å². The Labute approximate surface area is 232 Å². The molecule has 0 radical (unpaired) electrons. The number of halogens is 3. The van der Waals surface area contributed by atoms with Gasteiger partial charge in [0.25, 0.3) is 0 Å². The maximum atomic E-state index is 12.8. The highest BCUT2D eigenvalue weighted by Gasteiger charge is 2.38. The van der Waals surface area contributed by atoms with E-state index in [-0.39, 0.29) is 23.8 Å². The van der Waals surface area contributed by atoms with E-state index < -0.39 is 22.2 Å². The molecule has 0 unspecified atom stereocenters. The van der Waals surface area contributed by atoms with Crippen molar-refractivity contribution in [3.8, 4) is 0 Å². The molecule has 3 rings (SSSR count). The molecule has 0 fully saturated rings. The Morgan fingerprint density at radius 2 is 1.60 bits per heavy atom. The van der Waals surface area contributed by atoms with Crippen molar-refractivity contribution in [1.29, 1.82) is 0 Å². The molecule has 0 saturated carbocycles. The first-order valence-corrected chi connectivity index (χ1v) is 14.0. The molecule has 2 aromatic rings. The number of carbonyl (C=O) groups is 2. The minimum atomic E-state index is -5.08. The van der Waals surface area contributed by atoms with Gasteiger partial charge in [0.15, 0.2) is 0 Å². The Morgan fingerprint density at radius 3 is 2.08 bits per heavy atom. The predicted octanol–water partition coefficient (Wildman–Crippen LogP) is 3.50. The van der Waals surface area contributed by atoms with Crippen molar-refractivity contribution >= 4 is 27.7 Å². The van der Waals surface area contributed by atoms with Crippen molar-refractivity contribution in [3.05, 3.63) is 65.2 Å². The summed E-state index contributed by atoms with van der Waals surface area (Å²) in [5, 5.41) is 10.4. The number of amidine groups is 1. The fourth-order valence-corrected chi connectivity index (χ4v) is 4.78. The standard InChI is InChI=1S/C25H34N4O3S.C2HF3O2/c1-19(2)21-9-11-23(12-10-21)33(31,32)29(4)18-14-24(30)28(3)17-13-20-5-7-22(8-6-20)25-26-15-16-27-25;3-2(4,5)1(6)7/h5-12,19H,13-18H2,1-4H3,(H,26,27);(H,6,7). The fraction of sp³-hybridized carbons (Fsp3) is 0.444. The van der Waals surface area contributed by atoms with Crippen LogP contribution < -0.4 is 5.32 Å². The van der Waals surface area contributed by atoms with Crippen molar-refractivity contribution < 1.29 is 36.3 Å². The van der Waals surface area contributed by atoms with E-state index in [1.165, 1.54) is 11.4 Å². The van der Waals surface area contributed by atoms with Gasteiger partial charge in [0.05, 0.1) is 11.4 Å². The Hall–Kier alpha value is -3.45. The molecule has 13 heteroatoms. The molecule has 9 nitrogen and oxygen atoms in total. The smallest absolute Gasteiger partial charge is 0.475 e. The molecule has 0 spiro atoms. The SMILES string of the molecule is CC(C)c1ccc(S(=O)(=O)N(C)CCC(=O)N(C)CCc2ccc(C3=NCCN3)cc2)cc1.O=C(O)C(F)(F)F. The van der Waals surface area contributed by atoms with E-state index in [1.807, 2.05) is 24.3 Å². The highest BCUT2D eigenvalue weighted by Crippen LogP contribution is 2.20. The average molecular weight is 585 g/mol. The monoisotopic (exact) mass is 584 g/mol. The summed E-state index contributed by atoms with van der Waals surface area (Å²) < 4.78 is 58.6. The van der Waals surface area contributed by atoms with Gasteiger partial charge in [-0.1, -0.05) is 50.2 Å². The lowest BCUT2D eigenvalue weighted by Gasteiger charge is -2.21. The number of nitrogens with zero attached hydrogens (tertiary/aromatic N) is 3. The largest absolute Gasteiger partial charge is 0.490 e. The lowest BCUT2D eigenvalue weighted by Crippen LogP contribution is -2.34. The zero-order chi connectivity index (χ0) is 30.1. The molecule has 0 bridgehead atoms. The molecule has 0 aliphatic carbocycles. The van der Waals surface area contributed by atoms with Crippen LogP contribution in [0.5, 0.6) is 0 Å². The summed E-state index contributed by atoms with van der Waals surface area (Å²) in [6, 6.07) is 15.2. The minimum absolute atomic E-state index is 0.0756. The summed E-state index contributed by atoms with van der Waals surface area (Å²) in [5.41, 5.74) is 3.30. The second-order valence-corrected chi connectivity index (χ2v) is 11.6. The maximum absolute atomic E-state index is 12.8. The molecule has 1 heterocycles. The van der Waals surface area contributed by atoms with Gasteiger partial charge in [-0.3, -0.25) is 9.79 Å². The number of amides is 1. The van der Waals surface area contributed by atoms with Crippen molar-refractivity contribution in [2.45, 2.75) is 43.7 Å². The van der Waals surface area contributed by atoms with Crippen LogP contribution >= 0.6 is 0 Å². The van der Waals surface area contributed by atoms with E-state index in [4.69, 9.17) is 9.90 Å². The second kappa shape index (κ2) is 14.3. The summed E-state index contributed by atoms with van der Waals surface area (Å²) in [6.45, 7) is 6.54. The number of aliphatic imine (C=N–C) groups is 1. The van der Waals surface area contributed by atoms with Crippen LogP contribution in [0, 0.1) is 0 Å². The number of likely N-dealkylation sites (N-methyl/N-ethyl adjacent to an activating group) is 1. The number of alkyl halides is 3. The van der Waals surface area contributed by atoms with Gasteiger partial charge in [-0.05, 0) is 35.6 Å². The topological polar surface area (TPSA) is 119 Å². The van der Waals surface area contributed by atoms with Gasteiger partial charge in [-0.15, -0.1) is 0 Å². The summed E-state index contributed by atoms with van der Waals surface area (Å²) >= 11 is 0. The van der Waals surface area contributed by atoms with Crippen LogP contribution in [0.2, 0.25) is 0 Å². The third-order valence-corrected chi connectivity index (χ3v) is 8.07. The van der Waals surface area contributed by atoms with Gasteiger partial charge >= 0.3 is 12.1 Å². The molecule has 0 aromatic heterocycles. The van der Waals surface area contributed by atoms with Crippen LogP contribution in [0.1, 0.15) is 42.9 Å². The Bertz CT molecular complexity index is 1280. The lowest BCUT2D eigenvalue weighted by molar-refractivity contribution is -0.192. The van der Waals surface area contributed by atoms with Gasteiger partial charge in [0, 0.05) is 45.7 Å². The normalized spacial score (nSPS) is 13.4. The Balaban J connectivity index is 0.000000708. The Kier molecular flexibility index (Phi) is 11.7. The van der Waals surface area contributed by atoms with Crippen LogP contribution in [0.4, 0.5) is 13.2 Å². The molecule has 0 saturated heterocycles. The number of sulfonamides is 1. The third kappa shape index (κ3) is 9.63. The molecule has 0 atom stereocenters. The van der Waals surface area contributed by atoms with E-state index in [0.717, 1.165) is 42.0 Å². The van der Waals surface area contributed by atoms with Crippen molar-refractivity contribution in [1.82, 2.24) is 14.5 Å². The zero-order valence-electron chi connectivity index (χ0n) is 22.9. The number of aliphatic carboxylic acids is 1. The Morgan fingerprint density at radius 1 is 1.02 bits per heavy atom. The number of nitrogens with one attached hydrogen (secondary N) is 1. The summed E-state index contributed by atoms with van der Waals surface area (Å²) in [4.78, 5) is 27.8. The number of hydrogen-bond donors (Lipinski definition) is 2. The first-order valence-electron chi connectivity index (χ1n) is 12.6. The number of carbonyl (C=O) groups excluding carboxylic acids is 1. The third-order valence-electron chi connectivity index (χ3n) is 6.20. The minimum Gasteiger partial charge on any atom is -0.475 e. The van der Waals surface area contributed by atoms with Crippen molar-refractivity contribution in [2.24, 2.45) is 4.99 Å². The molecule has 1 aliphatic heterocycles. The predicted molar refractivity (Wildman–Crippen MR) is 146 cm³/mol. The fourth-order valence-electron chi connectivity index (χ4n) is 3.61. The number of carboxylic acids is 1. The molecule has 40 heavy (non-hydrogen) atoms. The summed E-state index contributed by atoms with van der Waals surface area (Å²) in [7, 11) is -0.347. The summed E-state index contributed by atoms with van der Waals surface area (Å²) in [5.74, 6) is -1.56. The lowest BCUT2D eigenvalue weighted by atomic mass is 10.0. The van der Waals surface area contributed by atoms with Crippen molar-refractivity contribution in [2.75, 3.05) is 40.3 Å². The number of rotatable bonds is 10. The number of carboxylic acid groups (broad SMARTS) is 1. The quantitative estimate of drug-likeness (QED) is 0.441. The zero-order valence-corrected chi connectivity index (χ0v) is 23.7. The van der Waals surface area contributed by atoms with Gasteiger partial charge < -0.3 is 15.3 Å². The van der Waals surface area contributed by atoms with Gasteiger partial charge in [0.2, 0.25) is 15.9 Å².